The van der Waals surface area contributed by atoms with Gasteiger partial charge in [-0.3, -0.25) is 0 Å². The van der Waals surface area contributed by atoms with E-state index in [4.69, 9.17) is 0 Å². The van der Waals surface area contributed by atoms with Crippen LogP contribution in [0.3, 0.4) is 0 Å². The summed E-state index contributed by atoms with van der Waals surface area (Å²) < 4.78 is 4.28. The highest BCUT2D eigenvalue weighted by Gasteiger charge is 1.86. The minimum atomic E-state index is -0.600. The van der Waals surface area contributed by atoms with Crippen LogP contribution in [0.2, 0.25) is 0 Å². The predicted octanol–water partition coefficient (Wildman–Crippen LogP) is 0.523. The Labute approximate surface area is 57.5 Å². The maximum Gasteiger partial charge on any atom is 0.335 e. The van der Waals surface area contributed by atoms with Gasteiger partial charge in [0.25, 0.3) is 0 Å². The first-order chi connectivity index (χ1) is 4.81. The van der Waals surface area contributed by atoms with E-state index in [0.29, 0.717) is 0 Å². The first-order valence-corrected chi connectivity index (χ1v) is 2.36. The van der Waals surface area contributed by atoms with E-state index in [0.717, 1.165) is 18.5 Å². The molecule has 0 aromatic rings. The van der Waals surface area contributed by atoms with Gasteiger partial charge in [0, 0.05) is 6.08 Å². The average molecular weight is 139 g/mol. The number of aliphatic imine (C=N–C) groups is 1. The van der Waals surface area contributed by atoms with Gasteiger partial charge in [-0.25, -0.2) is 9.59 Å². The van der Waals surface area contributed by atoms with Crippen LogP contribution in [0.1, 0.15) is 0 Å². The minimum absolute atomic E-state index is 0.600. The van der Waals surface area contributed by atoms with E-state index in [1.54, 1.807) is 0 Å². The summed E-state index contributed by atoms with van der Waals surface area (Å²) >= 11 is 0. The lowest BCUT2D eigenvalue weighted by atomic mass is 10.7. The molecule has 0 aliphatic carbocycles. The van der Waals surface area contributed by atoms with Crippen LogP contribution in [0.25, 0.3) is 0 Å². The number of esters is 1. The van der Waals surface area contributed by atoms with Crippen LogP contribution in [0, 0.1) is 0 Å². The van der Waals surface area contributed by atoms with Gasteiger partial charge < -0.3 is 4.74 Å². The third-order valence-electron chi connectivity index (χ3n) is 0.539. The highest BCUT2D eigenvalue weighted by atomic mass is 16.5. The third kappa shape index (κ3) is 4.49. The number of nitrogens with zero attached hydrogens (tertiary/aromatic N) is 1. The van der Waals surface area contributed by atoms with Crippen molar-refractivity contribution in [1.82, 2.24) is 0 Å². The molecule has 10 heavy (non-hydrogen) atoms. The van der Waals surface area contributed by atoms with Gasteiger partial charge in [0.05, 0.1) is 6.20 Å². The molecule has 0 aromatic heterocycles. The molecule has 0 bridgehead atoms. The summed E-state index contributed by atoms with van der Waals surface area (Å²) in [7, 11) is 0. The van der Waals surface area contributed by atoms with E-state index in [9.17, 15) is 9.59 Å². The molecule has 0 spiro atoms. The number of hydrogen-bond donors (Lipinski definition) is 0. The Morgan fingerprint density at radius 2 is 2.40 bits per heavy atom. The molecule has 0 saturated carbocycles. The molecular formula is C6H5NO3. The molecule has 0 aliphatic heterocycles. The number of rotatable bonds is 3. The lowest BCUT2D eigenvalue weighted by Crippen LogP contribution is -1.91. The van der Waals surface area contributed by atoms with E-state index in [-0.39, 0.29) is 0 Å². The summed E-state index contributed by atoms with van der Waals surface area (Å²) in [5, 5.41) is 0. The Morgan fingerprint density at radius 1 is 1.70 bits per heavy atom. The minimum Gasteiger partial charge on any atom is -0.430 e. The largest absolute Gasteiger partial charge is 0.430 e. The first-order valence-electron chi connectivity index (χ1n) is 2.36. The first kappa shape index (κ1) is 8.33. The highest BCUT2D eigenvalue weighted by molar-refractivity contribution is 5.81. The molecule has 0 rings (SSSR count). The van der Waals surface area contributed by atoms with Gasteiger partial charge in [-0.05, 0) is 0 Å². The van der Waals surface area contributed by atoms with Gasteiger partial charge in [-0.1, -0.05) is 6.58 Å². The van der Waals surface area contributed by atoms with Crippen molar-refractivity contribution in [2.45, 2.75) is 0 Å². The van der Waals surface area contributed by atoms with Crippen LogP contribution in [0.15, 0.2) is 30.1 Å². The lowest BCUT2D eigenvalue weighted by molar-refractivity contribution is -0.132. The second-order valence-corrected chi connectivity index (χ2v) is 1.15. The van der Waals surface area contributed by atoms with Gasteiger partial charge in [0.1, 0.15) is 6.26 Å². The summed E-state index contributed by atoms with van der Waals surface area (Å²) in [5.74, 6) is -0.600. The molecule has 52 valence electrons. The van der Waals surface area contributed by atoms with Crippen molar-refractivity contribution in [1.29, 1.82) is 0 Å². The molecular weight excluding hydrogens is 134 g/mol. The molecule has 0 fully saturated rings. The number of carbonyl (C=O) groups is 1. The zero-order valence-corrected chi connectivity index (χ0v) is 5.11. The summed E-state index contributed by atoms with van der Waals surface area (Å²) in [6.07, 6.45) is 4.20. The van der Waals surface area contributed by atoms with Crippen LogP contribution in [-0.2, 0) is 14.3 Å². The number of isocyanates is 1. The Bertz CT molecular complexity index is 201. The number of hydrogen-bond acceptors (Lipinski definition) is 4. The van der Waals surface area contributed by atoms with Crippen molar-refractivity contribution in [2.75, 3.05) is 0 Å². The molecule has 0 radical (unpaired) electrons. The Balaban J connectivity index is 3.62. The Kier molecular flexibility index (Phi) is 4.55. The van der Waals surface area contributed by atoms with Crippen molar-refractivity contribution in [2.24, 2.45) is 4.99 Å². The third-order valence-corrected chi connectivity index (χ3v) is 0.539. The van der Waals surface area contributed by atoms with Gasteiger partial charge in [-0.2, -0.15) is 4.99 Å². The van der Waals surface area contributed by atoms with E-state index in [2.05, 4.69) is 16.3 Å². The van der Waals surface area contributed by atoms with Gasteiger partial charge >= 0.3 is 5.97 Å². The predicted molar refractivity (Wildman–Crippen MR) is 33.6 cm³/mol. The van der Waals surface area contributed by atoms with Crippen LogP contribution < -0.4 is 0 Å². The normalized spacial score (nSPS) is 8.40. The Morgan fingerprint density at radius 3 is 2.90 bits per heavy atom. The van der Waals surface area contributed by atoms with E-state index in [1.807, 2.05) is 0 Å². The van der Waals surface area contributed by atoms with Gasteiger partial charge in [0.2, 0.25) is 6.08 Å². The SMILES string of the molecule is C=CC(=O)OC=CN=C=O. The van der Waals surface area contributed by atoms with Crippen molar-refractivity contribution in [3.05, 3.63) is 25.1 Å². The highest BCUT2D eigenvalue weighted by Crippen LogP contribution is 1.80. The number of ether oxygens (including phenoxy) is 1. The number of carbonyl (C=O) groups excluding carboxylic acids is 2. The van der Waals surface area contributed by atoms with Crippen molar-refractivity contribution < 1.29 is 14.3 Å². The molecule has 0 unspecified atom stereocenters. The van der Waals surface area contributed by atoms with E-state index >= 15 is 0 Å². The average Bonchev–Trinajstić information content (AvgIpc) is 1.98. The van der Waals surface area contributed by atoms with Crippen LogP contribution in [0.5, 0.6) is 0 Å². The molecule has 0 aliphatic rings. The summed E-state index contributed by atoms with van der Waals surface area (Å²) in [6.45, 7) is 3.14. The molecule has 0 saturated heterocycles. The quantitative estimate of drug-likeness (QED) is 0.188. The summed E-state index contributed by atoms with van der Waals surface area (Å²) in [6, 6.07) is 0. The van der Waals surface area contributed by atoms with Crippen LogP contribution >= 0.6 is 0 Å². The maximum atomic E-state index is 10.2. The molecule has 0 heterocycles. The van der Waals surface area contributed by atoms with Crippen LogP contribution in [0.4, 0.5) is 0 Å². The second-order valence-electron chi connectivity index (χ2n) is 1.15. The smallest absolute Gasteiger partial charge is 0.335 e. The summed E-state index contributed by atoms with van der Waals surface area (Å²) in [4.78, 5) is 22.6. The molecule has 4 heteroatoms. The molecule has 0 amide bonds. The zero-order valence-electron chi connectivity index (χ0n) is 5.11. The second kappa shape index (κ2) is 5.47. The lowest BCUT2D eigenvalue weighted by Gasteiger charge is -1.86. The van der Waals surface area contributed by atoms with E-state index < -0.39 is 5.97 Å². The van der Waals surface area contributed by atoms with Crippen molar-refractivity contribution >= 4 is 12.0 Å². The fourth-order valence-electron chi connectivity index (χ4n) is 0.206. The van der Waals surface area contributed by atoms with Crippen molar-refractivity contribution in [3.8, 4) is 0 Å². The topological polar surface area (TPSA) is 55.7 Å². The molecule has 4 nitrogen and oxygen atoms in total. The Hall–Kier alpha value is -1.67. The standard InChI is InChI=1S/C6H5NO3/c1-2-6(9)10-4-3-7-5-8/h2-4H,1H2. The van der Waals surface area contributed by atoms with Gasteiger partial charge in [0.15, 0.2) is 0 Å². The zero-order chi connectivity index (χ0) is 7.82. The fraction of sp³-hybridized carbons (Fsp3) is 0. The van der Waals surface area contributed by atoms with Crippen LogP contribution in [-0.4, -0.2) is 12.0 Å². The van der Waals surface area contributed by atoms with Gasteiger partial charge in [-0.15, -0.1) is 0 Å². The molecule has 0 atom stereocenters. The fourth-order valence-corrected chi connectivity index (χ4v) is 0.206. The molecule has 0 aromatic carbocycles. The maximum absolute atomic E-state index is 10.2. The molecule has 0 N–H and O–H groups in total. The summed E-state index contributed by atoms with van der Waals surface area (Å²) in [5.41, 5.74) is 0. The van der Waals surface area contributed by atoms with E-state index in [1.165, 1.54) is 6.08 Å². The monoisotopic (exact) mass is 139 g/mol. The van der Waals surface area contributed by atoms with Crippen molar-refractivity contribution in [3.63, 3.8) is 0 Å².